The lowest BCUT2D eigenvalue weighted by Crippen LogP contribution is -2.22. The predicted molar refractivity (Wildman–Crippen MR) is 65.9 cm³/mol. The van der Waals surface area contributed by atoms with E-state index in [0.29, 0.717) is 6.42 Å². The maximum absolute atomic E-state index is 11.0. The number of carboxylic acids is 1. The Morgan fingerprint density at radius 1 is 1.24 bits per heavy atom. The molecule has 0 aromatic heterocycles. The Morgan fingerprint density at radius 3 is 2.00 bits per heavy atom. The minimum Gasteiger partial charge on any atom is -0.481 e. The molecule has 0 aliphatic carbocycles. The van der Waals surface area contributed by atoms with Gasteiger partial charge < -0.3 is 14.9 Å². The molecular weight excluding hydrogens is 243 g/mol. The van der Waals surface area contributed by atoms with Gasteiger partial charge in [0.1, 0.15) is 0 Å². The molecule has 0 aromatic rings. The molecule has 0 bridgehead atoms. The molecule has 0 aliphatic heterocycles. The van der Waals surface area contributed by atoms with Gasteiger partial charge >= 0.3 is 13.6 Å². The minimum atomic E-state index is -4.54. The molecule has 0 spiro atoms. The van der Waals surface area contributed by atoms with Crippen molar-refractivity contribution in [3.05, 3.63) is 0 Å². The van der Waals surface area contributed by atoms with E-state index in [1.165, 1.54) is 0 Å². The summed E-state index contributed by atoms with van der Waals surface area (Å²) in [6.45, 7) is 8.23. The van der Waals surface area contributed by atoms with E-state index in [1.807, 2.05) is 6.92 Å². The molecule has 0 rings (SSSR count). The summed E-state index contributed by atoms with van der Waals surface area (Å²) < 4.78 is 11.0. The van der Waals surface area contributed by atoms with Gasteiger partial charge in [0.15, 0.2) is 5.66 Å². The third-order valence-corrected chi connectivity index (χ3v) is 3.88. The van der Waals surface area contributed by atoms with Crippen LogP contribution in [0.1, 0.15) is 47.0 Å². The van der Waals surface area contributed by atoms with Crippen LogP contribution >= 0.6 is 7.60 Å². The first-order valence-corrected chi connectivity index (χ1v) is 7.39. The number of aliphatic carboxylic acids is 1. The topological polar surface area (TPSA) is 94.8 Å². The van der Waals surface area contributed by atoms with Gasteiger partial charge in [-0.1, -0.05) is 27.7 Å². The van der Waals surface area contributed by atoms with Crippen LogP contribution in [0, 0.1) is 11.3 Å². The Morgan fingerprint density at radius 2 is 1.71 bits per heavy atom. The second-order valence-corrected chi connectivity index (χ2v) is 7.69. The minimum absolute atomic E-state index is 0.0247. The van der Waals surface area contributed by atoms with Gasteiger partial charge in [-0.2, -0.15) is 0 Å². The first-order chi connectivity index (χ1) is 7.43. The van der Waals surface area contributed by atoms with E-state index in [9.17, 15) is 9.36 Å². The molecule has 6 heteroatoms. The van der Waals surface area contributed by atoms with Crippen molar-refractivity contribution in [2.75, 3.05) is 0 Å². The van der Waals surface area contributed by atoms with Crippen LogP contribution in [-0.2, 0) is 9.36 Å². The zero-order valence-corrected chi connectivity index (χ0v) is 11.8. The van der Waals surface area contributed by atoms with Crippen LogP contribution in [0.25, 0.3) is 0 Å². The molecule has 2 atom stereocenters. The maximum Gasteiger partial charge on any atom is 0.339 e. The Bertz CT molecular complexity index is 301. The molecule has 0 heterocycles. The summed E-state index contributed by atoms with van der Waals surface area (Å²) in [6.07, 6.45) is 1.44. The average Bonchev–Trinajstić information content (AvgIpc) is 1.96. The molecule has 5 nitrogen and oxygen atoms in total. The van der Waals surface area contributed by atoms with Crippen molar-refractivity contribution in [1.29, 1.82) is 0 Å². The van der Waals surface area contributed by atoms with E-state index in [2.05, 4.69) is 20.8 Å². The van der Waals surface area contributed by atoms with Gasteiger partial charge in [-0.25, -0.2) is 0 Å². The summed E-state index contributed by atoms with van der Waals surface area (Å²) in [6, 6.07) is 0. The van der Waals surface area contributed by atoms with Crippen molar-refractivity contribution in [1.82, 2.24) is 0 Å². The fraction of sp³-hybridized carbons (Fsp3) is 0.909. The van der Waals surface area contributed by atoms with Crippen LogP contribution in [0.4, 0.5) is 0 Å². The molecule has 17 heavy (non-hydrogen) atoms. The normalized spacial score (nSPS) is 16.6. The van der Waals surface area contributed by atoms with Crippen LogP contribution < -0.4 is 0 Å². The van der Waals surface area contributed by atoms with Crippen LogP contribution in [0.5, 0.6) is 0 Å². The first-order valence-electron chi connectivity index (χ1n) is 5.71. The molecule has 0 aliphatic rings. The third-order valence-electron chi connectivity index (χ3n) is 2.58. The van der Waals surface area contributed by atoms with Gasteiger partial charge in [-0.05, 0) is 30.6 Å². The molecular formula is C11H23O5P. The molecule has 0 aromatic carbocycles. The smallest absolute Gasteiger partial charge is 0.339 e. The number of hydrogen-bond donors (Lipinski definition) is 3. The second kappa shape index (κ2) is 5.98. The SMILES string of the molecule is CC(CCC(C(=O)O)P(=O)(O)O)CC(C)(C)C. The van der Waals surface area contributed by atoms with Gasteiger partial charge in [0.25, 0.3) is 0 Å². The number of carboxylic acid groups (broad SMARTS) is 1. The zero-order chi connectivity index (χ0) is 13.9. The molecule has 0 saturated carbocycles. The Balaban J connectivity index is 4.34. The standard InChI is InChI=1S/C11H23O5P/c1-8(7-11(2,3)4)5-6-9(10(12)13)17(14,15)16/h8-9H,5-7H2,1-4H3,(H,12,13)(H2,14,15,16). The van der Waals surface area contributed by atoms with Crippen LogP contribution in [0.2, 0.25) is 0 Å². The molecule has 3 N–H and O–H groups in total. The first kappa shape index (κ1) is 16.6. The summed E-state index contributed by atoms with van der Waals surface area (Å²) in [5, 5.41) is 8.76. The van der Waals surface area contributed by atoms with E-state index in [-0.39, 0.29) is 17.8 Å². The van der Waals surface area contributed by atoms with E-state index in [4.69, 9.17) is 14.9 Å². The lowest BCUT2D eigenvalue weighted by molar-refractivity contribution is -0.137. The van der Waals surface area contributed by atoms with Crippen molar-refractivity contribution < 1.29 is 24.3 Å². The number of rotatable bonds is 6. The highest BCUT2D eigenvalue weighted by molar-refractivity contribution is 7.53. The quantitative estimate of drug-likeness (QED) is 0.642. The highest BCUT2D eigenvalue weighted by atomic mass is 31.2. The van der Waals surface area contributed by atoms with Gasteiger partial charge in [0.05, 0.1) is 0 Å². The highest BCUT2D eigenvalue weighted by Crippen LogP contribution is 2.44. The fourth-order valence-corrected chi connectivity index (χ4v) is 2.80. The third kappa shape index (κ3) is 7.53. The van der Waals surface area contributed by atoms with E-state index in [0.717, 1.165) is 6.42 Å². The summed E-state index contributed by atoms with van der Waals surface area (Å²) in [5.74, 6) is -1.16. The van der Waals surface area contributed by atoms with Gasteiger partial charge in [0.2, 0.25) is 0 Å². The number of hydrogen-bond acceptors (Lipinski definition) is 2. The van der Waals surface area contributed by atoms with Gasteiger partial charge in [0, 0.05) is 0 Å². The molecule has 0 saturated heterocycles. The van der Waals surface area contributed by atoms with Crippen LogP contribution in [-0.4, -0.2) is 26.5 Å². The summed E-state index contributed by atoms with van der Waals surface area (Å²) in [5.41, 5.74) is -1.43. The molecule has 0 radical (unpaired) electrons. The monoisotopic (exact) mass is 266 g/mol. The zero-order valence-electron chi connectivity index (χ0n) is 10.9. The summed E-state index contributed by atoms with van der Waals surface area (Å²) >= 11 is 0. The van der Waals surface area contributed by atoms with Crippen molar-refractivity contribution in [3.63, 3.8) is 0 Å². The van der Waals surface area contributed by atoms with Crippen molar-refractivity contribution >= 4 is 13.6 Å². The lowest BCUT2D eigenvalue weighted by atomic mass is 9.83. The van der Waals surface area contributed by atoms with Crippen LogP contribution in [0.3, 0.4) is 0 Å². The summed E-state index contributed by atoms with van der Waals surface area (Å²) in [7, 11) is -4.54. The Hall–Kier alpha value is -0.380. The maximum atomic E-state index is 11.0. The molecule has 102 valence electrons. The van der Waals surface area contributed by atoms with Crippen molar-refractivity contribution in [3.8, 4) is 0 Å². The molecule has 0 amide bonds. The molecule has 2 unspecified atom stereocenters. The van der Waals surface area contributed by atoms with Gasteiger partial charge in [-0.3, -0.25) is 9.36 Å². The average molecular weight is 266 g/mol. The van der Waals surface area contributed by atoms with Crippen LogP contribution in [0.15, 0.2) is 0 Å². The van der Waals surface area contributed by atoms with Crippen molar-refractivity contribution in [2.24, 2.45) is 11.3 Å². The lowest BCUT2D eigenvalue weighted by Gasteiger charge is -2.24. The van der Waals surface area contributed by atoms with E-state index >= 15 is 0 Å². The second-order valence-electron chi connectivity index (χ2n) is 5.89. The Kier molecular flexibility index (Phi) is 5.85. The Labute approximate surface area is 102 Å². The van der Waals surface area contributed by atoms with E-state index < -0.39 is 19.2 Å². The van der Waals surface area contributed by atoms with E-state index in [1.54, 1.807) is 0 Å². The highest BCUT2D eigenvalue weighted by Gasteiger charge is 2.35. The molecule has 0 fully saturated rings. The number of carbonyl (C=O) groups is 1. The predicted octanol–water partition coefficient (Wildman–Crippen LogP) is 2.47. The van der Waals surface area contributed by atoms with Gasteiger partial charge in [-0.15, -0.1) is 0 Å². The van der Waals surface area contributed by atoms with Crippen molar-refractivity contribution in [2.45, 2.75) is 52.6 Å². The fourth-order valence-electron chi connectivity index (χ4n) is 2.03. The summed E-state index contributed by atoms with van der Waals surface area (Å²) in [4.78, 5) is 28.6. The largest absolute Gasteiger partial charge is 0.481 e.